The molecule has 35 heavy (non-hydrogen) atoms. The normalized spacial score (nSPS) is 12.6. The Bertz CT molecular complexity index is 460. The monoisotopic (exact) mass is 493 g/mol. The summed E-state index contributed by atoms with van der Waals surface area (Å²) in [5.74, 6) is 0.879. The van der Waals surface area contributed by atoms with E-state index in [4.69, 9.17) is 0 Å². The van der Waals surface area contributed by atoms with Crippen molar-refractivity contribution in [3.63, 3.8) is 0 Å². The molecule has 0 saturated carbocycles. The molecule has 0 bridgehead atoms. The number of rotatable bonds is 27. The smallest absolute Gasteiger partial charge is 0.305 e. The maximum absolute atomic E-state index is 11.1. The van der Waals surface area contributed by atoms with E-state index in [9.17, 15) is 4.79 Å². The number of carbonyl (C=O) groups excluding carboxylic acids is 1. The molecule has 0 amide bonds. The van der Waals surface area contributed by atoms with Gasteiger partial charge in [-0.3, -0.25) is 4.79 Å². The molecule has 1 atom stereocenters. The van der Waals surface area contributed by atoms with Gasteiger partial charge in [0.05, 0.1) is 7.11 Å². The Balaban J connectivity index is 3.55. The van der Waals surface area contributed by atoms with Crippen molar-refractivity contribution in [1.82, 2.24) is 4.90 Å². The number of carbonyl (C=O) groups is 1. The molecule has 0 rings (SSSR count). The fourth-order valence-corrected chi connectivity index (χ4v) is 4.89. The Labute approximate surface area is 220 Å². The molecule has 0 aliphatic heterocycles. The minimum absolute atomic E-state index is 0.0732. The SMILES string of the molecule is CCCCCCCCC(CCCCCCCC/C=C\CCCCCCCC(=O)OC)CCN(C)C. The lowest BCUT2D eigenvalue weighted by Gasteiger charge is -2.19. The van der Waals surface area contributed by atoms with Crippen LogP contribution in [0.1, 0.15) is 155 Å². The van der Waals surface area contributed by atoms with Crippen molar-refractivity contribution in [2.75, 3.05) is 27.7 Å². The number of allylic oxidation sites excluding steroid dienone is 2. The van der Waals surface area contributed by atoms with Crippen LogP contribution in [0, 0.1) is 5.92 Å². The molecule has 0 spiro atoms. The third-order valence-electron chi connectivity index (χ3n) is 7.33. The van der Waals surface area contributed by atoms with E-state index in [1.54, 1.807) is 0 Å². The first-order chi connectivity index (χ1) is 17.1. The number of hydrogen-bond acceptors (Lipinski definition) is 3. The molecule has 0 heterocycles. The van der Waals surface area contributed by atoms with E-state index in [1.807, 2.05) is 0 Å². The summed E-state index contributed by atoms with van der Waals surface area (Å²) >= 11 is 0. The van der Waals surface area contributed by atoms with E-state index in [2.05, 4.69) is 42.8 Å². The molecule has 0 radical (unpaired) electrons. The molecule has 0 aromatic carbocycles. The zero-order chi connectivity index (χ0) is 25.8. The summed E-state index contributed by atoms with van der Waals surface area (Å²) in [5, 5.41) is 0. The number of ether oxygens (including phenoxy) is 1. The van der Waals surface area contributed by atoms with Crippen LogP contribution in [0.2, 0.25) is 0 Å². The highest BCUT2D eigenvalue weighted by atomic mass is 16.5. The number of nitrogens with zero attached hydrogens (tertiary/aromatic N) is 1. The van der Waals surface area contributed by atoms with Gasteiger partial charge in [-0.2, -0.15) is 0 Å². The highest BCUT2D eigenvalue weighted by Gasteiger charge is 2.09. The summed E-state index contributed by atoms with van der Waals surface area (Å²) in [6, 6.07) is 0. The van der Waals surface area contributed by atoms with Crippen molar-refractivity contribution in [3.8, 4) is 0 Å². The largest absolute Gasteiger partial charge is 0.469 e. The van der Waals surface area contributed by atoms with Gasteiger partial charge in [0.1, 0.15) is 0 Å². The molecule has 0 saturated heterocycles. The molecule has 208 valence electrons. The summed E-state index contributed by atoms with van der Waals surface area (Å²) in [5.41, 5.74) is 0. The summed E-state index contributed by atoms with van der Waals surface area (Å²) in [6.07, 6.45) is 35.1. The first-order valence-corrected chi connectivity index (χ1v) is 15.5. The Morgan fingerprint density at radius 3 is 1.60 bits per heavy atom. The summed E-state index contributed by atoms with van der Waals surface area (Å²) in [7, 11) is 5.90. The Morgan fingerprint density at radius 2 is 1.11 bits per heavy atom. The second-order valence-electron chi connectivity index (χ2n) is 11.1. The third-order valence-corrected chi connectivity index (χ3v) is 7.33. The molecule has 3 heteroatoms. The highest BCUT2D eigenvalue weighted by Crippen LogP contribution is 2.22. The molecule has 0 aromatic heterocycles. The van der Waals surface area contributed by atoms with E-state index in [0.29, 0.717) is 6.42 Å². The van der Waals surface area contributed by atoms with Crippen LogP contribution in [0.5, 0.6) is 0 Å². The number of methoxy groups -OCH3 is 1. The van der Waals surface area contributed by atoms with Crippen molar-refractivity contribution in [3.05, 3.63) is 12.2 Å². The van der Waals surface area contributed by atoms with Crippen LogP contribution in [-0.4, -0.2) is 38.6 Å². The van der Waals surface area contributed by atoms with Crippen LogP contribution in [-0.2, 0) is 9.53 Å². The van der Waals surface area contributed by atoms with Gasteiger partial charge in [0.25, 0.3) is 0 Å². The van der Waals surface area contributed by atoms with E-state index >= 15 is 0 Å². The molecule has 0 aromatic rings. The van der Waals surface area contributed by atoms with Gasteiger partial charge < -0.3 is 9.64 Å². The fraction of sp³-hybridized carbons (Fsp3) is 0.906. The number of unbranched alkanes of at least 4 members (excludes halogenated alkanes) is 16. The van der Waals surface area contributed by atoms with Crippen LogP contribution in [0.15, 0.2) is 12.2 Å². The predicted octanol–water partition coefficient (Wildman–Crippen LogP) is 9.89. The first-order valence-electron chi connectivity index (χ1n) is 15.5. The van der Waals surface area contributed by atoms with Crippen molar-refractivity contribution in [2.24, 2.45) is 5.92 Å². The summed E-state index contributed by atoms with van der Waals surface area (Å²) in [6.45, 7) is 3.56. The standard InChI is InChI=1S/C32H63NO2/c1-5-6-7-8-20-23-26-31(29-30-33(2)3)27-24-21-18-16-14-12-10-9-11-13-15-17-19-22-25-28-32(34)35-4/h9,11,31H,5-8,10,12-30H2,1-4H3/b11-9-. The van der Waals surface area contributed by atoms with Crippen LogP contribution < -0.4 is 0 Å². The fourth-order valence-electron chi connectivity index (χ4n) is 4.89. The van der Waals surface area contributed by atoms with E-state index in [-0.39, 0.29) is 5.97 Å². The van der Waals surface area contributed by atoms with Crippen molar-refractivity contribution < 1.29 is 9.53 Å². The van der Waals surface area contributed by atoms with Crippen LogP contribution in [0.3, 0.4) is 0 Å². The average molecular weight is 494 g/mol. The Morgan fingerprint density at radius 1 is 0.657 bits per heavy atom. The van der Waals surface area contributed by atoms with Gasteiger partial charge in [0.15, 0.2) is 0 Å². The molecular weight excluding hydrogens is 430 g/mol. The topological polar surface area (TPSA) is 29.5 Å². The zero-order valence-electron chi connectivity index (χ0n) is 24.5. The van der Waals surface area contributed by atoms with Gasteiger partial charge >= 0.3 is 5.97 Å². The minimum atomic E-state index is -0.0732. The van der Waals surface area contributed by atoms with Gasteiger partial charge in [0.2, 0.25) is 0 Å². The number of hydrogen-bond donors (Lipinski definition) is 0. The lowest BCUT2D eigenvalue weighted by Crippen LogP contribution is -2.17. The lowest BCUT2D eigenvalue weighted by molar-refractivity contribution is -0.140. The van der Waals surface area contributed by atoms with E-state index < -0.39 is 0 Å². The number of esters is 1. The first kappa shape index (κ1) is 34.2. The van der Waals surface area contributed by atoms with Gasteiger partial charge in [-0.15, -0.1) is 0 Å². The maximum Gasteiger partial charge on any atom is 0.305 e. The molecule has 0 aliphatic rings. The molecule has 0 aliphatic carbocycles. The minimum Gasteiger partial charge on any atom is -0.469 e. The second kappa shape index (κ2) is 27.8. The highest BCUT2D eigenvalue weighted by molar-refractivity contribution is 5.68. The summed E-state index contributed by atoms with van der Waals surface area (Å²) < 4.78 is 4.67. The van der Waals surface area contributed by atoms with Crippen molar-refractivity contribution >= 4 is 5.97 Å². The van der Waals surface area contributed by atoms with Crippen LogP contribution >= 0.6 is 0 Å². The van der Waals surface area contributed by atoms with E-state index in [0.717, 1.165) is 18.8 Å². The zero-order valence-corrected chi connectivity index (χ0v) is 24.5. The Hall–Kier alpha value is -0.830. The maximum atomic E-state index is 11.1. The van der Waals surface area contributed by atoms with Gasteiger partial charge in [-0.05, 0) is 65.1 Å². The molecule has 1 unspecified atom stereocenters. The van der Waals surface area contributed by atoms with Gasteiger partial charge in [-0.25, -0.2) is 0 Å². The summed E-state index contributed by atoms with van der Waals surface area (Å²) in [4.78, 5) is 13.4. The Kier molecular flexibility index (Phi) is 27.1. The molecule has 0 N–H and O–H groups in total. The van der Waals surface area contributed by atoms with Crippen LogP contribution in [0.25, 0.3) is 0 Å². The van der Waals surface area contributed by atoms with Gasteiger partial charge in [0, 0.05) is 6.42 Å². The van der Waals surface area contributed by atoms with Crippen molar-refractivity contribution in [1.29, 1.82) is 0 Å². The average Bonchev–Trinajstić information content (AvgIpc) is 2.85. The lowest BCUT2D eigenvalue weighted by atomic mass is 9.91. The second-order valence-corrected chi connectivity index (χ2v) is 11.1. The predicted molar refractivity (Wildman–Crippen MR) is 155 cm³/mol. The molecular formula is C32H63NO2. The van der Waals surface area contributed by atoms with Crippen molar-refractivity contribution in [2.45, 2.75) is 155 Å². The van der Waals surface area contributed by atoms with Gasteiger partial charge in [-0.1, -0.05) is 122 Å². The quantitative estimate of drug-likeness (QED) is 0.0647. The molecule has 0 fully saturated rings. The third kappa shape index (κ3) is 27.6. The van der Waals surface area contributed by atoms with Crippen LogP contribution in [0.4, 0.5) is 0 Å². The van der Waals surface area contributed by atoms with E-state index in [1.165, 1.54) is 142 Å². The molecule has 3 nitrogen and oxygen atoms in total.